The average molecular weight is 757 g/mol. The molecule has 1 heteroatoms. The fourth-order valence-corrected chi connectivity index (χ4v) is 6.58. The Kier molecular flexibility index (Phi) is 11.0. The molecule has 230 valence electrons. The van der Waals surface area contributed by atoms with Crippen molar-refractivity contribution in [1.82, 2.24) is 0 Å². The summed E-state index contributed by atoms with van der Waals surface area (Å²) in [5.41, 5.74) is 7.64. The Hall–Kier alpha value is -3.03. The zero-order valence-corrected chi connectivity index (χ0v) is 32.6. The van der Waals surface area contributed by atoms with Crippen molar-refractivity contribution >= 4 is 24.8 Å². The quantitative estimate of drug-likeness (QED) is 0.124. The first-order chi connectivity index (χ1) is 21.0. The molecule has 1 aliphatic rings. The van der Waals surface area contributed by atoms with E-state index in [2.05, 4.69) is 191 Å². The van der Waals surface area contributed by atoms with Gasteiger partial charge in [-0.05, 0) is 10.8 Å². The molecule has 0 nitrogen and oxygen atoms in total. The van der Waals surface area contributed by atoms with Gasteiger partial charge in [-0.25, -0.2) is 6.08 Å². The molecule has 6 rings (SSSR count). The van der Waals surface area contributed by atoms with Crippen molar-refractivity contribution < 1.29 is 23.9 Å². The molecule has 1 unspecified atom stereocenters. The van der Waals surface area contributed by atoms with Gasteiger partial charge < -0.3 is 0 Å². The van der Waals surface area contributed by atoms with Crippen LogP contribution in [0.2, 0.25) is 0 Å². The van der Waals surface area contributed by atoms with Gasteiger partial charge in [0, 0.05) is 0 Å². The molecule has 0 heterocycles. The summed E-state index contributed by atoms with van der Waals surface area (Å²) >= 11 is 1.08. The van der Waals surface area contributed by atoms with E-state index in [1.165, 1.54) is 52.6 Å². The second kappa shape index (κ2) is 14.2. The molecule has 5 aromatic carbocycles. The van der Waals surface area contributed by atoms with Gasteiger partial charge in [0.25, 0.3) is 0 Å². The SMILES string of the molecule is CC(C)(C)c1ccc2c(c1)[cH-]c1cc(C(C)(C)C)ccc12.CC1[C-]=CC(C(C)(C)C)=C1.[Hf+2]=[C](c1ccccc1)c1ccccc1. The number of benzene rings is 4. The number of fused-ring (bicyclic) bond motifs is 3. The summed E-state index contributed by atoms with van der Waals surface area (Å²) in [7, 11) is 0. The molecule has 1 aliphatic carbocycles. The molecule has 0 N–H and O–H groups in total. The van der Waals surface area contributed by atoms with Crippen molar-refractivity contribution in [2.45, 2.75) is 80.1 Å². The molecule has 0 fully saturated rings. The Morgan fingerprint density at radius 1 is 0.600 bits per heavy atom. The number of allylic oxidation sites excluding steroid dienone is 4. The Morgan fingerprint density at radius 3 is 1.33 bits per heavy atom. The zero-order chi connectivity index (χ0) is 33.0. The predicted molar refractivity (Wildman–Crippen MR) is 195 cm³/mol. The van der Waals surface area contributed by atoms with E-state index in [9.17, 15) is 0 Å². The molecule has 0 spiro atoms. The molecular formula is C44H50Hf. The summed E-state index contributed by atoms with van der Waals surface area (Å²) in [6.45, 7) is 22.5. The van der Waals surface area contributed by atoms with Crippen LogP contribution in [-0.4, -0.2) is 3.26 Å². The Bertz CT molecular complexity index is 1680. The standard InChI is InChI=1S/C21H25.C13H10.C10H15.Hf/c1-20(2,3)16-7-9-18-14(12-16)11-15-13-17(21(4,5)6)8-10-19(15)18;1-3-7-12(8-4-1)11-13-9-5-2-6-10-13;1-8-5-6-9(7-8)10(2,3)4;/h7-13H,1-6H3;1-10H;6-8H,1-4H3;/q-1;;-1;+2. The Labute approximate surface area is 287 Å². The van der Waals surface area contributed by atoms with Crippen LogP contribution in [0.1, 0.15) is 91.5 Å². The van der Waals surface area contributed by atoms with Crippen LogP contribution < -0.4 is 0 Å². The molecule has 0 radical (unpaired) electrons. The molecule has 0 aliphatic heterocycles. The minimum absolute atomic E-state index is 0.203. The van der Waals surface area contributed by atoms with E-state index in [1.54, 1.807) is 0 Å². The van der Waals surface area contributed by atoms with Crippen LogP contribution in [0, 0.1) is 17.4 Å². The zero-order valence-electron chi connectivity index (χ0n) is 29.0. The summed E-state index contributed by atoms with van der Waals surface area (Å²) in [5, 5.41) is 5.48. The van der Waals surface area contributed by atoms with Crippen LogP contribution in [0.3, 0.4) is 0 Å². The van der Waals surface area contributed by atoms with Gasteiger partial charge in [0.05, 0.1) is 0 Å². The molecule has 0 amide bonds. The van der Waals surface area contributed by atoms with Gasteiger partial charge in [-0.3, -0.25) is 6.08 Å². The Morgan fingerprint density at radius 2 is 1.02 bits per heavy atom. The van der Waals surface area contributed by atoms with Crippen molar-refractivity contribution in [3.8, 4) is 0 Å². The van der Waals surface area contributed by atoms with Crippen LogP contribution in [0.5, 0.6) is 0 Å². The van der Waals surface area contributed by atoms with E-state index in [0.717, 1.165) is 23.9 Å². The van der Waals surface area contributed by atoms with Crippen LogP contribution in [0.4, 0.5) is 0 Å². The maximum absolute atomic E-state index is 3.26. The third-order valence-corrected chi connectivity index (χ3v) is 10.4. The molecule has 0 aromatic heterocycles. The molecule has 0 saturated carbocycles. The van der Waals surface area contributed by atoms with Gasteiger partial charge in [0.2, 0.25) is 0 Å². The van der Waals surface area contributed by atoms with E-state index in [-0.39, 0.29) is 10.8 Å². The molecule has 5 aromatic rings. The van der Waals surface area contributed by atoms with Gasteiger partial charge in [-0.1, -0.05) is 116 Å². The van der Waals surface area contributed by atoms with Gasteiger partial charge in [0.15, 0.2) is 0 Å². The molecule has 0 bridgehead atoms. The topological polar surface area (TPSA) is 0 Å². The van der Waals surface area contributed by atoms with Crippen LogP contribution >= 0.6 is 0 Å². The molecule has 1 atom stereocenters. The number of hydrogen-bond donors (Lipinski definition) is 0. The van der Waals surface area contributed by atoms with E-state index in [1.807, 2.05) is 0 Å². The molecular weight excluding hydrogens is 707 g/mol. The third kappa shape index (κ3) is 9.26. The number of rotatable bonds is 2. The van der Waals surface area contributed by atoms with Crippen molar-refractivity contribution in [2.75, 3.05) is 0 Å². The van der Waals surface area contributed by atoms with Crippen molar-refractivity contribution in [1.29, 1.82) is 0 Å². The van der Waals surface area contributed by atoms with Crippen molar-refractivity contribution in [3.63, 3.8) is 0 Å². The molecule has 0 saturated heterocycles. The van der Waals surface area contributed by atoms with Gasteiger partial charge in [0.1, 0.15) is 0 Å². The predicted octanol–water partition coefficient (Wildman–Crippen LogP) is 12.1. The van der Waals surface area contributed by atoms with Crippen molar-refractivity contribution in [2.24, 2.45) is 11.3 Å². The van der Waals surface area contributed by atoms with Gasteiger partial charge in [-0.2, -0.15) is 11.6 Å². The minimum atomic E-state index is 0.203. The second-order valence-corrected chi connectivity index (χ2v) is 17.1. The van der Waals surface area contributed by atoms with Crippen LogP contribution in [0.15, 0.2) is 121 Å². The van der Waals surface area contributed by atoms with Gasteiger partial charge >= 0.3 is 98.9 Å². The normalized spacial score (nSPS) is 14.8. The van der Waals surface area contributed by atoms with Crippen LogP contribution in [-0.2, 0) is 34.7 Å². The van der Waals surface area contributed by atoms with E-state index >= 15 is 0 Å². The summed E-state index contributed by atoms with van der Waals surface area (Å²) in [6.07, 6.45) is 7.65. The summed E-state index contributed by atoms with van der Waals surface area (Å²) in [4.78, 5) is 0. The first kappa shape index (κ1) is 34.8. The average Bonchev–Trinajstić information content (AvgIpc) is 3.60. The van der Waals surface area contributed by atoms with E-state index < -0.39 is 0 Å². The number of hydrogen-bond acceptors (Lipinski definition) is 0. The second-order valence-electron chi connectivity index (χ2n) is 15.3. The first-order valence-corrected chi connectivity index (χ1v) is 18.0. The summed E-state index contributed by atoms with van der Waals surface area (Å²) in [6, 6.07) is 37.4. The van der Waals surface area contributed by atoms with E-state index in [4.69, 9.17) is 0 Å². The van der Waals surface area contributed by atoms with E-state index in [0.29, 0.717) is 11.3 Å². The fraction of sp³-hybridized carbons (Fsp3) is 0.318. The third-order valence-electron chi connectivity index (χ3n) is 8.36. The maximum atomic E-state index is 3.26. The first-order valence-electron chi connectivity index (χ1n) is 16.2. The Balaban J connectivity index is 0.000000166. The molecule has 45 heavy (non-hydrogen) atoms. The monoisotopic (exact) mass is 758 g/mol. The summed E-state index contributed by atoms with van der Waals surface area (Å²) < 4.78 is 1.46. The summed E-state index contributed by atoms with van der Waals surface area (Å²) in [5.74, 6) is 0.522. The van der Waals surface area contributed by atoms with Crippen molar-refractivity contribution in [3.05, 3.63) is 149 Å². The fourth-order valence-electron chi connectivity index (χ4n) is 5.39. The van der Waals surface area contributed by atoms with Crippen LogP contribution in [0.25, 0.3) is 21.5 Å². The van der Waals surface area contributed by atoms with Gasteiger partial charge in [-0.15, -0.1) is 39.7 Å².